The molecule has 0 aromatic heterocycles. The van der Waals surface area contributed by atoms with Gasteiger partial charge in [0.25, 0.3) is 0 Å². The van der Waals surface area contributed by atoms with E-state index in [4.69, 9.17) is 16.3 Å². The number of hydrogen-bond acceptors (Lipinski definition) is 2. The number of halogens is 1. The molecule has 3 nitrogen and oxygen atoms in total. The summed E-state index contributed by atoms with van der Waals surface area (Å²) in [6.07, 6.45) is 3.35. The molecule has 0 fully saturated rings. The summed E-state index contributed by atoms with van der Waals surface area (Å²) in [5, 5.41) is 3.38. The van der Waals surface area contributed by atoms with E-state index >= 15 is 0 Å². The lowest BCUT2D eigenvalue weighted by Gasteiger charge is -2.10. The van der Waals surface area contributed by atoms with Gasteiger partial charge in [0.1, 0.15) is 5.75 Å². The summed E-state index contributed by atoms with van der Waals surface area (Å²) in [6.45, 7) is 7.84. The van der Waals surface area contributed by atoms with E-state index in [0.29, 0.717) is 10.7 Å². The van der Waals surface area contributed by atoms with E-state index in [-0.39, 0.29) is 12.0 Å². The molecule has 1 amide bonds. The summed E-state index contributed by atoms with van der Waals surface area (Å²) in [6, 6.07) is 11.4. The van der Waals surface area contributed by atoms with Gasteiger partial charge in [-0.2, -0.15) is 0 Å². The third-order valence-electron chi connectivity index (χ3n) is 3.34. The summed E-state index contributed by atoms with van der Waals surface area (Å²) in [5.41, 5.74) is 3.55. The number of benzene rings is 2. The van der Waals surface area contributed by atoms with Crippen molar-refractivity contribution in [1.29, 1.82) is 0 Å². The number of ether oxygens (including phenoxy) is 1. The molecule has 24 heavy (non-hydrogen) atoms. The van der Waals surface area contributed by atoms with E-state index in [1.807, 2.05) is 64.1 Å². The molecule has 2 aromatic carbocycles. The van der Waals surface area contributed by atoms with Crippen molar-refractivity contribution in [2.75, 3.05) is 5.32 Å². The molecule has 0 atom stereocenters. The van der Waals surface area contributed by atoms with Crippen molar-refractivity contribution in [2.24, 2.45) is 0 Å². The van der Waals surface area contributed by atoms with Crippen LogP contribution in [-0.2, 0) is 4.79 Å². The van der Waals surface area contributed by atoms with Gasteiger partial charge < -0.3 is 10.1 Å². The normalized spacial score (nSPS) is 11.1. The Morgan fingerprint density at radius 2 is 1.96 bits per heavy atom. The van der Waals surface area contributed by atoms with Crippen LogP contribution in [-0.4, -0.2) is 12.0 Å². The molecule has 4 heteroatoms. The van der Waals surface area contributed by atoms with Crippen molar-refractivity contribution in [3.05, 3.63) is 64.2 Å². The average molecular weight is 344 g/mol. The Bertz CT molecular complexity index is 743. The van der Waals surface area contributed by atoms with Crippen LogP contribution in [0.1, 0.15) is 30.5 Å². The molecule has 0 saturated heterocycles. The largest absolute Gasteiger partial charge is 0.491 e. The molecule has 0 bridgehead atoms. The molecule has 0 aliphatic rings. The molecule has 0 spiro atoms. The second-order valence-electron chi connectivity index (χ2n) is 6.00. The fourth-order valence-corrected chi connectivity index (χ4v) is 2.74. The van der Waals surface area contributed by atoms with E-state index < -0.39 is 0 Å². The highest BCUT2D eigenvalue weighted by Gasteiger charge is 2.07. The number of anilines is 1. The number of carbonyl (C=O) groups is 1. The van der Waals surface area contributed by atoms with Crippen LogP contribution in [0.4, 0.5) is 5.69 Å². The van der Waals surface area contributed by atoms with Crippen molar-refractivity contribution in [1.82, 2.24) is 0 Å². The third-order valence-corrected chi connectivity index (χ3v) is 3.64. The second kappa shape index (κ2) is 8.02. The Morgan fingerprint density at radius 3 is 2.62 bits per heavy atom. The summed E-state index contributed by atoms with van der Waals surface area (Å²) in [7, 11) is 0. The van der Waals surface area contributed by atoms with Crippen LogP contribution in [0, 0.1) is 13.8 Å². The number of amides is 1. The maximum absolute atomic E-state index is 12.2. The highest BCUT2D eigenvalue weighted by molar-refractivity contribution is 6.34. The van der Waals surface area contributed by atoms with Crippen molar-refractivity contribution in [3.8, 4) is 5.75 Å². The van der Waals surface area contributed by atoms with E-state index in [9.17, 15) is 4.79 Å². The predicted octanol–water partition coefficient (Wildman–Crippen LogP) is 5.40. The van der Waals surface area contributed by atoms with Crippen LogP contribution in [0.3, 0.4) is 0 Å². The van der Waals surface area contributed by atoms with Crippen molar-refractivity contribution >= 4 is 29.3 Å². The van der Waals surface area contributed by atoms with E-state index in [1.165, 1.54) is 6.08 Å². The molecular formula is C20H22ClNO2. The van der Waals surface area contributed by atoms with Gasteiger partial charge in [-0.1, -0.05) is 29.8 Å². The lowest BCUT2D eigenvalue weighted by molar-refractivity contribution is -0.111. The summed E-state index contributed by atoms with van der Waals surface area (Å²) < 4.78 is 5.65. The lowest BCUT2D eigenvalue weighted by Crippen LogP contribution is -2.09. The van der Waals surface area contributed by atoms with Gasteiger partial charge in [-0.3, -0.25) is 4.79 Å². The van der Waals surface area contributed by atoms with Gasteiger partial charge in [-0.15, -0.1) is 0 Å². The maximum Gasteiger partial charge on any atom is 0.248 e. The number of carbonyl (C=O) groups excluding carboxylic acids is 1. The van der Waals surface area contributed by atoms with E-state index in [1.54, 1.807) is 6.08 Å². The molecule has 1 N–H and O–H groups in total. The molecule has 0 radical (unpaired) electrons. The quantitative estimate of drug-likeness (QED) is 0.738. The molecule has 2 aromatic rings. The monoisotopic (exact) mass is 343 g/mol. The Morgan fingerprint density at radius 1 is 1.21 bits per heavy atom. The zero-order chi connectivity index (χ0) is 17.7. The molecular weight excluding hydrogens is 322 g/mol. The first-order valence-electron chi connectivity index (χ1n) is 7.87. The minimum absolute atomic E-state index is 0.110. The van der Waals surface area contributed by atoms with Gasteiger partial charge in [-0.25, -0.2) is 0 Å². The third kappa shape index (κ3) is 5.14. The summed E-state index contributed by atoms with van der Waals surface area (Å²) in [5.74, 6) is 0.559. The van der Waals surface area contributed by atoms with Crippen LogP contribution in [0.5, 0.6) is 5.75 Å². The Balaban J connectivity index is 2.09. The molecule has 0 unspecified atom stereocenters. The molecule has 0 saturated carbocycles. The first-order valence-corrected chi connectivity index (χ1v) is 8.25. The van der Waals surface area contributed by atoms with Crippen LogP contribution in [0.25, 0.3) is 6.08 Å². The fraction of sp³-hybridized carbons (Fsp3) is 0.250. The molecule has 0 aliphatic heterocycles. The number of aryl methyl sites for hydroxylation is 2. The van der Waals surface area contributed by atoms with Crippen LogP contribution in [0.15, 0.2) is 42.5 Å². The smallest absolute Gasteiger partial charge is 0.248 e. The Kier molecular flexibility index (Phi) is 6.04. The summed E-state index contributed by atoms with van der Waals surface area (Å²) in [4.78, 5) is 12.2. The number of rotatable bonds is 5. The van der Waals surface area contributed by atoms with Crippen molar-refractivity contribution in [2.45, 2.75) is 33.8 Å². The first kappa shape index (κ1) is 18.1. The van der Waals surface area contributed by atoms with Gasteiger partial charge in [0.2, 0.25) is 5.91 Å². The van der Waals surface area contributed by atoms with E-state index in [2.05, 4.69) is 5.32 Å². The minimum atomic E-state index is -0.223. The van der Waals surface area contributed by atoms with Gasteiger partial charge in [-0.05, 0) is 68.7 Å². The standard InChI is InChI=1S/C20H22ClNO2/c1-13(2)24-17-7-5-6-16(12-17)8-9-19(23)22-20-15(4)10-14(3)11-18(20)21/h5-13H,1-4H3,(H,22,23)/b9-8+. The fourth-order valence-electron chi connectivity index (χ4n) is 2.37. The topological polar surface area (TPSA) is 38.3 Å². The van der Waals surface area contributed by atoms with Gasteiger partial charge in [0.05, 0.1) is 16.8 Å². The minimum Gasteiger partial charge on any atom is -0.491 e. The van der Waals surface area contributed by atoms with Crippen LogP contribution in [0.2, 0.25) is 5.02 Å². The predicted molar refractivity (Wildman–Crippen MR) is 101 cm³/mol. The number of nitrogens with one attached hydrogen (secondary N) is 1. The maximum atomic E-state index is 12.2. The van der Waals surface area contributed by atoms with Crippen molar-refractivity contribution in [3.63, 3.8) is 0 Å². The molecule has 0 heterocycles. The van der Waals surface area contributed by atoms with Crippen LogP contribution < -0.4 is 10.1 Å². The van der Waals surface area contributed by atoms with Gasteiger partial charge in [0.15, 0.2) is 0 Å². The summed E-state index contributed by atoms with van der Waals surface area (Å²) >= 11 is 6.21. The number of hydrogen-bond donors (Lipinski definition) is 1. The molecule has 0 aliphatic carbocycles. The van der Waals surface area contributed by atoms with Crippen molar-refractivity contribution < 1.29 is 9.53 Å². The highest BCUT2D eigenvalue weighted by atomic mass is 35.5. The molecule has 126 valence electrons. The SMILES string of the molecule is Cc1cc(C)c(NC(=O)/C=C/c2cccc(OC(C)C)c2)c(Cl)c1. The first-order chi connectivity index (χ1) is 11.3. The Hall–Kier alpha value is -2.26. The van der Waals surface area contributed by atoms with Crippen LogP contribution >= 0.6 is 11.6 Å². The van der Waals surface area contributed by atoms with E-state index in [0.717, 1.165) is 22.4 Å². The zero-order valence-corrected chi connectivity index (χ0v) is 15.1. The van der Waals surface area contributed by atoms with Gasteiger partial charge >= 0.3 is 0 Å². The average Bonchev–Trinajstić information content (AvgIpc) is 2.48. The molecule has 2 rings (SSSR count). The highest BCUT2D eigenvalue weighted by Crippen LogP contribution is 2.27. The second-order valence-corrected chi connectivity index (χ2v) is 6.41. The Labute approximate surface area is 148 Å². The zero-order valence-electron chi connectivity index (χ0n) is 14.4. The lowest BCUT2D eigenvalue weighted by atomic mass is 10.1. The van der Waals surface area contributed by atoms with Gasteiger partial charge in [0, 0.05) is 6.08 Å².